The number of aromatic nitrogens is 2. The summed E-state index contributed by atoms with van der Waals surface area (Å²) < 4.78 is 4.55. The molecule has 1 aliphatic heterocycles. The molecule has 0 fully saturated rings. The summed E-state index contributed by atoms with van der Waals surface area (Å²) in [4.78, 5) is 30.4. The van der Waals surface area contributed by atoms with Crippen LogP contribution in [0, 0.1) is 0 Å². The van der Waals surface area contributed by atoms with Crippen LogP contribution in [0.5, 0.6) is 0 Å². The number of carbonyl (C=O) groups excluding carboxylic acids is 1. The number of ether oxygens (including phenoxy) is 1. The Bertz CT molecular complexity index is 467. The lowest BCUT2D eigenvalue weighted by atomic mass is 10.3. The van der Waals surface area contributed by atoms with Crippen LogP contribution in [0.25, 0.3) is 0 Å². The van der Waals surface area contributed by atoms with Crippen molar-refractivity contribution in [2.24, 2.45) is 0 Å². The molecule has 0 atom stereocenters. The molecule has 15 heavy (non-hydrogen) atoms. The Kier molecular flexibility index (Phi) is 2.07. The third kappa shape index (κ3) is 1.51. The lowest BCUT2D eigenvalue weighted by Crippen LogP contribution is -2.25. The molecule has 0 saturated carbocycles. The van der Waals surface area contributed by atoms with Gasteiger partial charge in [-0.3, -0.25) is 14.7 Å². The molecule has 1 aliphatic rings. The third-order valence-electron chi connectivity index (χ3n) is 2.24. The molecule has 0 unspecified atom stereocenters. The Labute approximate surface area is 84.9 Å². The van der Waals surface area contributed by atoms with Gasteiger partial charge in [-0.15, -0.1) is 0 Å². The minimum atomic E-state index is -0.481. The predicted octanol–water partition coefficient (Wildman–Crippen LogP) is -0.566. The molecule has 3 N–H and O–H groups in total. The highest BCUT2D eigenvalue weighted by atomic mass is 16.5. The highest BCUT2D eigenvalue weighted by Crippen LogP contribution is 2.18. The van der Waals surface area contributed by atoms with Crippen LogP contribution in [0.1, 0.15) is 11.3 Å². The summed E-state index contributed by atoms with van der Waals surface area (Å²) in [5.74, 6) is 0.0606. The van der Waals surface area contributed by atoms with E-state index in [1.165, 1.54) is 12.0 Å². The number of hydrogen-bond donors (Lipinski definition) is 2. The number of hydrogen-bond acceptors (Lipinski definition) is 5. The van der Waals surface area contributed by atoms with Gasteiger partial charge in [0.05, 0.1) is 31.5 Å². The van der Waals surface area contributed by atoms with Gasteiger partial charge in [0.15, 0.2) is 0 Å². The normalized spacial score (nSPS) is 13.8. The zero-order valence-electron chi connectivity index (χ0n) is 8.11. The van der Waals surface area contributed by atoms with Gasteiger partial charge in [-0.2, -0.15) is 0 Å². The number of methoxy groups -OCH3 is 1. The van der Waals surface area contributed by atoms with E-state index in [9.17, 15) is 9.59 Å². The molecule has 0 aliphatic carbocycles. The van der Waals surface area contributed by atoms with E-state index in [0.29, 0.717) is 11.3 Å². The first kappa shape index (κ1) is 9.50. The van der Waals surface area contributed by atoms with Crippen LogP contribution in [0.2, 0.25) is 0 Å². The molecular weight excluding hydrogens is 200 g/mol. The Morgan fingerprint density at radius 1 is 1.60 bits per heavy atom. The van der Waals surface area contributed by atoms with Crippen molar-refractivity contribution in [2.45, 2.75) is 13.1 Å². The summed E-state index contributed by atoms with van der Waals surface area (Å²) >= 11 is 0. The fraction of sp³-hybridized carbons (Fsp3) is 0.375. The van der Waals surface area contributed by atoms with Gasteiger partial charge in [-0.05, 0) is 0 Å². The van der Waals surface area contributed by atoms with Crippen molar-refractivity contribution in [1.29, 1.82) is 0 Å². The maximum atomic E-state index is 11.4. The second-order valence-corrected chi connectivity index (χ2v) is 3.20. The number of rotatable bonds is 0. The van der Waals surface area contributed by atoms with Crippen molar-refractivity contribution in [3.63, 3.8) is 0 Å². The molecule has 0 spiro atoms. The first-order valence-electron chi connectivity index (χ1n) is 4.32. The number of nitrogen functional groups attached to an aromatic ring is 1. The largest absolute Gasteiger partial charge is 0.453 e. The second kappa shape index (κ2) is 3.26. The lowest BCUT2D eigenvalue weighted by molar-refractivity contribution is 0.123. The fourth-order valence-corrected chi connectivity index (χ4v) is 1.54. The van der Waals surface area contributed by atoms with Crippen LogP contribution < -0.4 is 11.3 Å². The second-order valence-electron chi connectivity index (χ2n) is 3.20. The molecule has 2 rings (SSSR count). The zero-order chi connectivity index (χ0) is 11.0. The first-order valence-corrected chi connectivity index (χ1v) is 4.32. The number of nitrogens with one attached hydrogen (secondary N) is 1. The van der Waals surface area contributed by atoms with Crippen LogP contribution in [0.4, 0.5) is 10.7 Å². The van der Waals surface area contributed by atoms with E-state index < -0.39 is 6.09 Å². The van der Waals surface area contributed by atoms with E-state index in [2.05, 4.69) is 14.7 Å². The van der Waals surface area contributed by atoms with Gasteiger partial charge in [0, 0.05) is 0 Å². The molecule has 1 aromatic rings. The van der Waals surface area contributed by atoms with Crippen molar-refractivity contribution in [2.75, 3.05) is 12.8 Å². The Morgan fingerprint density at radius 3 is 3.00 bits per heavy atom. The molecule has 7 heteroatoms. The molecule has 0 radical (unpaired) electrons. The summed E-state index contributed by atoms with van der Waals surface area (Å²) in [5, 5.41) is 0. The Morgan fingerprint density at radius 2 is 2.33 bits per heavy atom. The Hall–Kier alpha value is -2.05. The molecule has 0 aromatic carbocycles. The number of aromatic amines is 1. The van der Waals surface area contributed by atoms with E-state index in [1.54, 1.807) is 0 Å². The summed E-state index contributed by atoms with van der Waals surface area (Å²) in [6.45, 7) is 0.473. The number of fused-ring (bicyclic) bond motifs is 1. The Balaban J connectivity index is 2.35. The monoisotopic (exact) mass is 210 g/mol. The fourth-order valence-electron chi connectivity index (χ4n) is 1.54. The summed E-state index contributed by atoms with van der Waals surface area (Å²) in [6, 6.07) is 0. The van der Waals surface area contributed by atoms with Crippen molar-refractivity contribution < 1.29 is 9.53 Å². The molecule has 7 nitrogen and oxygen atoms in total. The van der Waals surface area contributed by atoms with Crippen LogP contribution in [-0.2, 0) is 17.8 Å². The minimum Gasteiger partial charge on any atom is -0.453 e. The van der Waals surface area contributed by atoms with E-state index in [4.69, 9.17) is 5.73 Å². The third-order valence-corrected chi connectivity index (χ3v) is 2.24. The summed E-state index contributed by atoms with van der Waals surface area (Å²) in [7, 11) is 1.29. The van der Waals surface area contributed by atoms with Crippen molar-refractivity contribution in [3.8, 4) is 0 Å². The SMILES string of the molecule is COC(=O)N1Cc2nc(N)[nH]c(=O)c2C1. The number of anilines is 1. The standard InChI is InChI=1S/C8H10N4O3/c1-15-8(14)12-2-4-5(3-12)10-7(9)11-6(4)13/h2-3H2,1H3,(H3,9,10,11,13). The van der Waals surface area contributed by atoms with E-state index >= 15 is 0 Å². The maximum Gasteiger partial charge on any atom is 0.410 e. The zero-order valence-corrected chi connectivity index (χ0v) is 8.11. The van der Waals surface area contributed by atoms with Gasteiger partial charge in [0.1, 0.15) is 0 Å². The number of carbonyl (C=O) groups is 1. The first-order chi connectivity index (χ1) is 7.11. The van der Waals surface area contributed by atoms with Crippen molar-refractivity contribution in [1.82, 2.24) is 14.9 Å². The maximum absolute atomic E-state index is 11.4. The van der Waals surface area contributed by atoms with Crippen LogP contribution in [0.15, 0.2) is 4.79 Å². The van der Waals surface area contributed by atoms with Gasteiger partial charge in [0.2, 0.25) is 5.95 Å². The van der Waals surface area contributed by atoms with Crippen LogP contribution in [-0.4, -0.2) is 28.1 Å². The minimum absolute atomic E-state index is 0.0606. The van der Waals surface area contributed by atoms with Crippen molar-refractivity contribution in [3.05, 3.63) is 21.6 Å². The number of nitrogens with two attached hydrogens (primary N) is 1. The average molecular weight is 210 g/mol. The molecule has 1 amide bonds. The van der Waals surface area contributed by atoms with E-state index in [0.717, 1.165) is 0 Å². The highest BCUT2D eigenvalue weighted by Gasteiger charge is 2.27. The van der Waals surface area contributed by atoms with Crippen molar-refractivity contribution >= 4 is 12.0 Å². The van der Waals surface area contributed by atoms with E-state index in [1.807, 2.05) is 0 Å². The van der Waals surface area contributed by atoms with Crippen LogP contribution in [0.3, 0.4) is 0 Å². The summed E-state index contributed by atoms with van der Waals surface area (Å²) in [6.07, 6.45) is -0.481. The van der Waals surface area contributed by atoms with Crippen LogP contribution >= 0.6 is 0 Å². The number of H-pyrrole nitrogens is 1. The topological polar surface area (TPSA) is 101 Å². The summed E-state index contributed by atoms with van der Waals surface area (Å²) in [5.41, 5.74) is 6.08. The predicted molar refractivity (Wildman–Crippen MR) is 50.9 cm³/mol. The van der Waals surface area contributed by atoms with Gasteiger partial charge in [-0.1, -0.05) is 0 Å². The van der Waals surface area contributed by atoms with Gasteiger partial charge < -0.3 is 10.5 Å². The number of amides is 1. The molecule has 2 heterocycles. The molecule has 0 bridgehead atoms. The highest BCUT2D eigenvalue weighted by molar-refractivity contribution is 5.68. The smallest absolute Gasteiger partial charge is 0.410 e. The van der Waals surface area contributed by atoms with Gasteiger partial charge in [0.25, 0.3) is 5.56 Å². The van der Waals surface area contributed by atoms with Gasteiger partial charge >= 0.3 is 6.09 Å². The molecule has 0 saturated heterocycles. The lowest BCUT2D eigenvalue weighted by Gasteiger charge is -2.11. The van der Waals surface area contributed by atoms with Gasteiger partial charge in [-0.25, -0.2) is 9.78 Å². The average Bonchev–Trinajstić information content (AvgIpc) is 2.60. The quantitative estimate of drug-likeness (QED) is 0.597. The number of nitrogens with zero attached hydrogens (tertiary/aromatic N) is 2. The van der Waals surface area contributed by atoms with E-state index in [-0.39, 0.29) is 24.6 Å². The molecular formula is C8H10N4O3. The molecule has 80 valence electrons. The molecule has 1 aromatic heterocycles.